The standard InChI is InChI=1S/C26H30N2O5S/c1-6-17(4)33-21-12-7-18(13-22(21)32-5)14-23-25(30)28(26(31)34-23)15-24(29)27-20-10-8-19(9-11-20)16(2)3/h7-14,16-17H,6,15H2,1-5H3,(H,27,29)/b23-14-/t17-/m0/s1. The van der Waals surface area contributed by atoms with Gasteiger partial charge in [0.25, 0.3) is 11.1 Å². The van der Waals surface area contributed by atoms with Gasteiger partial charge >= 0.3 is 0 Å². The summed E-state index contributed by atoms with van der Waals surface area (Å²) in [6, 6.07) is 12.8. The normalized spacial score (nSPS) is 15.7. The van der Waals surface area contributed by atoms with E-state index in [1.165, 1.54) is 0 Å². The predicted octanol–water partition coefficient (Wildman–Crippen LogP) is 5.67. The minimum atomic E-state index is -0.501. The molecule has 0 bridgehead atoms. The van der Waals surface area contributed by atoms with Crippen LogP contribution in [0.25, 0.3) is 6.08 Å². The van der Waals surface area contributed by atoms with Crippen LogP contribution in [0.1, 0.15) is 51.2 Å². The van der Waals surface area contributed by atoms with Crippen LogP contribution in [-0.4, -0.2) is 41.7 Å². The smallest absolute Gasteiger partial charge is 0.294 e. The Morgan fingerprint density at radius 3 is 2.41 bits per heavy atom. The summed E-state index contributed by atoms with van der Waals surface area (Å²) in [4.78, 5) is 38.9. The fourth-order valence-corrected chi connectivity index (χ4v) is 4.09. The summed E-state index contributed by atoms with van der Waals surface area (Å²) >= 11 is 0.808. The molecular formula is C26H30N2O5S. The molecule has 1 fully saturated rings. The van der Waals surface area contributed by atoms with Gasteiger partial charge in [0.1, 0.15) is 6.54 Å². The molecule has 1 saturated heterocycles. The number of carbonyl (C=O) groups excluding carboxylic acids is 3. The number of hydrogen-bond donors (Lipinski definition) is 1. The molecule has 3 rings (SSSR count). The molecule has 3 amide bonds. The molecule has 7 nitrogen and oxygen atoms in total. The zero-order chi connectivity index (χ0) is 24.8. The number of nitrogens with zero attached hydrogens (tertiary/aromatic N) is 1. The molecule has 8 heteroatoms. The number of hydrogen-bond acceptors (Lipinski definition) is 6. The van der Waals surface area contributed by atoms with E-state index in [1.54, 1.807) is 31.4 Å². The maximum absolute atomic E-state index is 12.8. The number of methoxy groups -OCH3 is 1. The first kappa shape index (κ1) is 25.4. The Hall–Kier alpha value is -3.26. The van der Waals surface area contributed by atoms with Crippen LogP contribution in [0.4, 0.5) is 10.5 Å². The van der Waals surface area contributed by atoms with E-state index in [1.807, 2.05) is 38.1 Å². The molecule has 1 aliphatic heterocycles. The van der Waals surface area contributed by atoms with Crippen molar-refractivity contribution in [3.05, 3.63) is 58.5 Å². The number of ether oxygens (including phenoxy) is 2. The molecule has 180 valence electrons. The Kier molecular flexibility index (Phi) is 8.39. The molecule has 1 heterocycles. The van der Waals surface area contributed by atoms with Gasteiger partial charge in [-0.2, -0.15) is 0 Å². The van der Waals surface area contributed by atoms with E-state index in [2.05, 4.69) is 19.2 Å². The average Bonchev–Trinajstić information content (AvgIpc) is 3.07. The second-order valence-electron chi connectivity index (χ2n) is 8.34. The van der Waals surface area contributed by atoms with Crippen LogP contribution in [0.2, 0.25) is 0 Å². The molecule has 0 aliphatic carbocycles. The summed E-state index contributed by atoms with van der Waals surface area (Å²) in [5.74, 6) is 0.597. The maximum atomic E-state index is 12.8. The summed E-state index contributed by atoms with van der Waals surface area (Å²) in [6.45, 7) is 7.84. The van der Waals surface area contributed by atoms with Crippen LogP contribution < -0.4 is 14.8 Å². The van der Waals surface area contributed by atoms with Crippen molar-refractivity contribution in [1.82, 2.24) is 4.90 Å². The largest absolute Gasteiger partial charge is 0.493 e. The van der Waals surface area contributed by atoms with Gasteiger partial charge in [-0.1, -0.05) is 39.0 Å². The minimum absolute atomic E-state index is 0.0375. The highest BCUT2D eigenvalue weighted by Crippen LogP contribution is 2.35. The van der Waals surface area contributed by atoms with E-state index < -0.39 is 17.1 Å². The van der Waals surface area contributed by atoms with E-state index in [0.717, 1.165) is 28.6 Å². The van der Waals surface area contributed by atoms with Gasteiger partial charge in [0.15, 0.2) is 11.5 Å². The zero-order valence-electron chi connectivity index (χ0n) is 20.1. The van der Waals surface area contributed by atoms with Gasteiger partial charge in [-0.25, -0.2) is 0 Å². The van der Waals surface area contributed by atoms with Crippen molar-refractivity contribution in [3.63, 3.8) is 0 Å². The highest BCUT2D eigenvalue weighted by atomic mass is 32.2. The SMILES string of the molecule is CC[C@H](C)Oc1ccc(/C=C2\SC(=O)N(CC(=O)Nc3ccc(C(C)C)cc3)C2=O)cc1OC. The molecule has 0 radical (unpaired) electrons. The molecular weight excluding hydrogens is 452 g/mol. The molecule has 0 unspecified atom stereocenters. The molecule has 2 aromatic carbocycles. The van der Waals surface area contributed by atoms with Gasteiger partial charge in [0.05, 0.1) is 18.1 Å². The molecule has 34 heavy (non-hydrogen) atoms. The average molecular weight is 483 g/mol. The number of thioether (sulfide) groups is 1. The van der Waals surface area contributed by atoms with Gasteiger partial charge in [-0.15, -0.1) is 0 Å². The van der Waals surface area contributed by atoms with Crippen LogP contribution in [0.5, 0.6) is 11.5 Å². The summed E-state index contributed by atoms with van der Waals surface area (Å²) in [5, 5.41) is 2.26. The Labute approximate surface area is 204 Å². The van der Waals surface area contributed by atoms with Crippen molar-refractivity contribution in [2.75, 3.05) is 19.0 Å². The zero-order valence-corrected chi connectivity index (χ0v) is 20.9. The Bertz CT molecular complexity index is 1090. The summed E-state index contributed by atoms with van der Waals surface area (Å²) in [5.41, 5.74) is 2.46. The van der Waals surface area contributed by atoms with Crippen LogP contribution in [-0.2, 0) is 9.59 Å². The highest BCUT2D eigenvalue weighted by molar-refractivity contribution is 8.18. The topological polar surface area (TPSA) is 84.9 Å². The lowest BCUT2D eigenvalue weighted by molar-refractivity contribution is -0.127. The van der Waals surface area contributed by atoms with Gasteiger partial charge in [-0.05, 0) is 72.5 Å². The van der Waals surface area contributed by atoms with Gasteiger partial charge in [-0.3, -0.25) is 19.3 Å². The van der Waals surface area contributed by atoms with Crippen molar-refractivity contribution in [1.29, 1.82) is 0 Å². The van der Waals surface area contributed by atoms with Crippen molar-refractivity contribution < 1.29 is 23.9 Å². The van der Waals surface area contributed by atoms with Crippen LogP contribution in [0, 0.1) is 0 Å². The quantitative estimate of drug-likeness (QED) is 0.464. The first-order chi connectivity index (χ1) is 16.2. The van der Waals surface area contributed by atoms with Crippen LogP contribution >= 0.6 is 11.8 Å². The van der Waals surface area contributed by atoms with Gasteiger partial charge in [0, 0.05) is 5.69 Å². The molecule has 0 saturated carbocycles. The van der Waals surface area contributed by atoms with E-state index >= 15 is 0 Å². The van der Waals surface area contributed by atoms with Crippen molar-refractivity contribution in [3.8, 4) is 11.5 Å². The number of carbonyl (C=O) groups is 3. The fraction of sp³-hybridized carbons (Fsp3) is 0.346. The van der Waals surface area contributed by atoms with Crippen LogP contribution in [0.15, 0.2) is 47.4 Å². The number of amides is 3. The number of rotatable bonds is 9. The van der Waals surface area contributed by atoms with E-state index in [0.29, 0.717) is 28.7 Å². The summed E-state index contributed by atoms with van der Waals surface area (Å²) in [6.07, 6.45) is 2.51. The van der Waals surface area contributed by atoms with Crippen molar-refractivity contribution in [2.45, 2.75) is 46.1 Å². The van der Waals surface area contributed by atoms with E-state index in [9.17, 15) is 14.4 Å². The Balaban J connectivity index is 1.68. The summed E-state index contributed by atoms with van der Waals surface area (Å²) < 4.78 is 11.3. The third-order valence-corrected chi connectivity index (χ3v) is 6.33. The molecule has 1 aliphatic rings. The van der Waals surface area contributed by atoms with E-state index in [4.69, 9.17) is 9.47 Å². The first-order valence-corrected chi connectivity index (χ1v) is 12.0. The molecule has 0 aromatic heterocycles. The summed E-state index contributed by atoms with van der Waals surface area (Å²) in [7, 11) is 1.55. The lowest BCUT2D eigenvalue weighted by atomic mass is 10.0. The van der Waals surface area contributed by atoms with Gasteiger partial charge in [0.2, 0.25) is 5.91 Å². The fourth-order valence-electron chi connectivity index (χ4n) is 3.25. The Morgan fingerprint density at radius 1 is 1.09 bits per heavy atom. The number of benzene rings is 2. The van der Waals surface area contributed by atoms with Crippen molar-refractivity contribution >= 4 is 40.6 Å². The monoisotopic (exact) mass is 482 g/mol. The maximum Gasteiger partial charge on any atom is 0.294 e. The van der Waals surface area contributed by atoms with Crippen LogP contribution in [0.3, 0.4) is 0 Å². The van der Waals surface area contributed by atoms with Crippen molar-refractivity contribution in [2.24, 2.45) is 0 Å². The van der Waals surface area contributed by atoms with E-state index in [-0.39, 0.29) is 17.6 Å². The first-order valence-electron chi connectivity index (χ1n) is 11.2. The predicted molar refractivity (Wildman–Crippen MR) is 135 cm³/mol. The third-order valence-electron chi connectivity index (χ3n) is 5.42. The Morgan fingerprint density at radius 2 is 1.79 bits per heavy atom. The molecule has 1 atom stereocenters. The molecule has 2 aromatic rings. The number of nitrogens with one attached hydrogen (secondary N) is 1. The minimum Gasteiger partial charge on any atom is -0.493 e. The third kappa shape index (κ3) is 6.20. The second-order valence-corrected chi connectivity index (χ2v) is 9.33. The van der Waals surface area contributed by atoms with Gasteiger partial charge < -0.3 is 14.8 Å². The molecule has 0 spiro atoms. The second kappa shape index (κ2) is 11.2. The lowest BCUT2D eigenvalue weighted by Gasteiger charge is -2.15. The molecule has 1 N–H and O–H groups in total. The number of imide groups is 1. The lowest BCUT2D eigenvalue weighted by Crippen LogP contribution is -2.36. The highest BCUT2D eigenvalue weighted by Gasteiger charge is 2.36. The number of anilines is 1.